The fourth-order valence-corrected chi connectivity index (χ4v) is 5.59. The Morgan fingerprint density at radius 2 is 1.89 bits per heavy atom. The third-order valence-corrected chi connectivity index (χ3v) is 7.49. The average molecular weight is 525 g/mol. The molecule has 4 aromatic rings. The van der Waals surface area contributed by atoms with E-state index in [4.69, 9.17) is 12.2 Å². The van der Waals surface area contributed by atoms with Crippen molar-refractivity contribution in [3.05, 3.63) is 107 Å². The highest BCUT2D eigenvalue weighted by molar-refractivity contribution is 7.80. The van der Waals surface area contributed by atoms with E-state index in [0.717, 1.165) is 45.1 Å². The highest BCUT2D eigenvalue weighted by Gasteiger charge is 2.41. The number of aromatic nitrogens is 3. The Balaban J connectivity index is 1.46. The van der Waals surface area contributed by atoms with Crippen LogP contribution in [0.25, 0.3) is 5.69 Å². The molecule has 0 bridgehead atoms. The van der Waals surface area contributed by atoms with Gasteiger partial charge in [0.25, 0.3) is 0 Å². The first-order valence-electron chi connectivity index (χ1n) is 12.8. The monoisotopic (exact) mass is 524 g/mol. The lowest BCUT2D eigenvalue weighted by Crippen LogP contribution is -2.33. The van der Waals surface area contributed by atoms with Crippen molar-refractivity contribution in [2.24, 2.45) is 0 Å². The molecule has 8 heteroatoms. The SMILES string of the molecule is Cc1ccc(C)c(NC(=O)CCN2C(=S)N[C@@H](c3ccccn3)[C@@H]2c2cc(C)n(-c3cccnc3)c2C)c1. The number of aryl methyl sites for hydroxylation is 3. The molecule has 2 N–H and O–H groups in total. The standard InChI is InChI=1S/C30H32N6OS/c1-19-10-11-20(2)26(16-19)33-27(37)12-15-35-29(28(34-30(35)38)25-9-5-6-14-32-25)24-17-21(3)36(22(24)4)23-8-7-13-31-18-23/h5-11,13-14,16-18,28-29H,12,15H2,1-4H3,(H,33,37)(H,34,38)/t28-,29-/m0/s1. The molecule has 3 aromatic heterocycles. The van der Waals surface area contributed by atoms with Gasteiger partial charge in [-0.05, 0) is 93.0 Å². The van der Waals surface area contributed by atoms with E-state index in [1.54, 1.807) is 12.4 Å². The van der Waals surface area contributed by atoms with E-state index in [1.807, 2.05) is 62.5 Å². The minimum Gasteiger partial charge on any atom is -0.352 e. The van der Waals surface area contributed by atoms with Crippen LogP contribution in [0.1, 0.15) is 52.3 Å². The van der Waals surface area contributed by atoms with Gasteiger partial charge in [0.15, 0.2) is 5.11 Å². The molecule has 1 saturated heterocycles. The number of benzene rings is 1. The van der Waals surface area contributed by atoms with Crippen LogP contribution in [-0.4, -0.2) is 37.0 Å². The van der Waals surface area contributed by atoms with Crippen molar-refractivity contribution in [1.29, 1.82) is 0 Å². The van der Waals surface area contributed by atoms with Crippen molar-refractivity contribution in [1.82, 2.24) is 24.8 Å². The summed E-state index contributed by atoms with van der Waals surface area (Å²) >= 11 is 5.83. The predicted molar refractivity (Wildman–Crippen MR) is 154 cm³/mol. The Morgan fingerprint density at radius 3 is 2.63 bits per heavy atom. The molecular formula is C30H32N6OS. The number of carbonyl (C=O) groups excluding carboxylic acids is 1. The molecule has 0 radical (unpaired) electrons. The third-order valence-electron chi connectivity index (χ3n) is 7.14. The number of carbonyl (C=O) groups is 1. The molecule has 1 aliphatic rings. The number of rotatable bonds is 7. The summed E-state index contributed by atoms with van der Waals surface area (Å²) in [4.78, 5) is 24.1. The second kappa shape index (κ2) is 10.8. The Kier molecular flexibility index (Phi) is 7.24. The molecule has 7 nitrogen and oxygen atoms in total. The lowest BCUT2D eigenvalue weighted by Gasteiger charge is -2.28. The number of pyridine rings is 2. The molecule has 0 spiro atoms. The van der Waals surface area contributed by atoms with Crippen molar-refractivity contribution < 1.29 is 4.79 Å². The summed E-state index contributed by atoms with van der Waals surface area (Å²) < 4.78 is 2.21. The Morgan fingerprint density at radius 1 is 1.05 bits per heavy atom. The molecule has 0 unspecified atom stereocenters. The third kappa shape index (κ3) is 5.04. The highest BCUT2D eigenvalue weighted by atomic mass is 32.1. The van der Waals surface area contributed by atoms with Crippen molar-refractivity contribution in [3.63, 3.8) is 0 Å². The molecule has 0 aliphatic carbocycles. The molecule has 1 aliphatic heterocycles. The lowest BCUT2D eigenvalue weighted by molar-refractivity contribution is -0.116. The summed E-state index contributed by atoms with van der Waals surface area (Å²) in [5, 5.41) is 7.20. The van der Waals surface area contributed by atoms with E-state index < -0.39 is 0 Å². The van der Waals surface area contributed by atoms with Gasteiger partial charge in [-0.2, -0.15) is 0 Å². The summed E-state index contributed by atoms with van der Waals surface area (Å²) in [7, 11) is 0. The van der Waals surface area contributed by atoms with E-state index in [1.165, 1.54) is 0 Å². The Labute approximate surface area is 228 Å². The van der Waals surface area contributed by atoms with Crippen LogP contribution in [0, 0.1) is 27.7 Å². The highest BCUT2D eigenvalue weighted by Crippen LogP contribution is 2.41. The zero-order chi connectivity index (χ0) is 26.8. The van der Waals surface area contributed by atoms with E-state index in [9.17, 15) is 4.79 Å². The van der Waals surface area contributed by atoms with Crippen LogP contribution in [0.2, 0.25) is 0 Å². The molecule has 0 saturated carbocycles. The van der Waals surface area contributed by atoms with Gasteiger partial charge in [0, 0.05) is 42.4 Å². The maximum atomic E-state index is 13.0. The number of amides is 1. The summed E-state index contributed by atoms with van der Waals surface area (Å²) in [6.07, 6.45) is 5.76. The quantitative estimate of drug-likeness (QED) is 0.311. The summed E-state index contributed by atoms with van der Waals surface area (Å²) in [6.45, 7) is 8.72. The number of thiocarbonyl (C=S) groups is 1. The Hall–Kier alpha value is -4.04. The largest absolute Gasteiger partial charge is 0.352 e. The van der Waals surface area contributed by atoms with Crippen LogP contribution in [0.3, 0.4) is 0 Å². The number of nitrogens with zero attached hydrogens (tertiary/aromatic N) is 4. The summed E-state index contributed by atoms with van der Waals surface area (Å²) in [5.41, 5.74) is 8.28. The molecule has 194 valence electrons. The van der Waals surface area contributed by atoms with Crippen molar-refractivity contribution in [3.8, 4) is 5.69 Å². The van der Waals surface area contributed by atoms with Crippen molar-refractivity contribution in [2.75, 3.05) is 11.9 Å². The van der Waals surface area contributed by atoms with E-state index in [-0.39, 0.29) is 18.0 Å². The smallest absolute Gasteiger partial charge is 0.226 e. The van der Waals surface area contributed by atoms with Gasteiger partial charge in [-0.1, -0.05) is 18.2 Å². The van der Waals surface area contributed by atoms with E-state index in [2.05, 4.69) is 56.0 Å². The minimum atomic E-state index is -0.145. The topological polar surface area (TPSA) is 75.1 Å². The lowest BCUT2D eigenvalue weighted by atomic mass is 9.96. The molecule has 4 heterocycles. The van der Waals surface area contributed by atoms with Crippen LogP contribution < -0.4 is 10.6 Å². The maximum Gasteiger partial charge on any atom is 0.226 e. The number of anilines is 1. The molecular weight excluding hydrogens is 492 g/mol. The second-order valence-electron chi connectivity index (χ2n) is 9.81. The van der Waals surface area contributed by atoms with Gasteiger partial charge >= 0.3 is 0 Å². The fourth-order valence-electron chi connectivity index (χ4n) is 5.26. The minimum absolute atomic E-state index is 0.0395. The van der Waals surface area contributed by atoms with Gasteiger partial charge in [-0.25, -0.2) is 0 Å². The van der Waals surface area contributed by atoms with E-state index in [0.29, 0.717) is 18.1 Å². The summed E-state index contributed by atoms with van der Waals surface area (Å²) in [6, 6.07) is 17.9. The Bertz CT molecular complexity index is 1470. The molecule has 1 aromatic carbocycles. The van der Waals surface area contributed by atoms with Crippen molar-refractivity contribution >= 4 is 28.9 Å². The van der Waals surface area contributed by atoms with Crippen LogP contribution in [0.4, 0.5) is 5.69 Å². The van der Waals surface area contributed by atoms with Crippen LogP contribution >= 0.6 is 12.2 Å². The fraction of sp³-hybridized carbons (Fsp3) is 0.267. The second-order valence-corrected chi connectivity index (χ2v) is 10.2. The number of nitrogens with one attached hydrogen (secondary N) is 2. The van der Waals surface area contributed by atoms with E-state index >= 15 is 0 Å². The van der Waals surface area contributed by atoms with Gasteiger partial charge in [0.2, 0.25) is 5.91 Å². The zero-order valence-electron chi connectivity index (χ0n) is 22.1. The zero-order valence-corrected chi connectivity index (χ0v) is 22.9. The van der Waals surface area contributed by atoms with Crippen LogP contribution in [0.15, 0.2) is 73.2 Å². The van der Waals surface area contributed by atoms with Crippen molar-refractivity contribution in [2.45, 2.75) is 46.2 Å². The average Bonchev–Trinajstić information content (AvgIpc) is 3.40. The maximum absolute atomic E-state index is 13.0. The first-order valence-corrected chi connectivity index (χ1v) is 13.2. The first kappa shape index (κ1) is 25.6. The van der Waals surface area contributed by atoms with Gasteiger partial charge < -0.3 is 20.1 Å². The van der Waals surface area contributed by atoms with Gasteiger partial charge in [-0.3, -0.25) is 14.8 Å². The van der Waals surface area contributed by atoms with Gasteiger partial charge in [-0.15, -0.1) is 0 Å². The molecule has 38 heavy (non-hydrogen) atoms. The first-order chi connectivity index (χ1) is 18.3. The van der Waals surface area contributed by atoms with Gasteiger partial charge in [0.05, 0.1) is 29.7 Å². The van der Waals surface area contributed by atoms with Crippen LogP contribution in [-0.2, 0) is 4.79 Å². The molecule has 2 atom stereocenters. The number of hydrogen-bond acceptors (Lipinski definition) is 4. The number of hydrogen-bond donors (Lipinski definition) is 2. The van der Waals surface area contributed by atoms with Crippen LogP contribution in [0.5, 0.6) is 0 Å². The normalized spacial score (nSPS) is 16.9. The molecule has 5 rings (SSSR count). The molecule has 1 amide bonds. The molecule has 1 fully saturated rings. The predicted octanol–water partition coefficient (Wildman–Crippen LogP) is 5.50. The summed E-state index contributed by atoms with van der Waals surface area (Å²) in [5.74, 6) is -0.0395. The van der Waals surface area contributed by atoms with Gasteiger partial charge in [0.1, 0.15) is 0 Å².